The van der Waals surface area contributed by atoms with Crippen molar-refractivity contribution in [3.05, 3.63) is 42.7 Å². The maximum atomic E-state index is 12.5. The van der Waals surface area contributed by atoms with Gasteiger partial charge in [0, 0.05) is 19.2 Å². The predicted octanol–water partition coefficient (Wildman–Crippen LogP) is -3.23. The van der Waals surface area contributed by atoms with Crippen molar-refractivity contribution in [1.82, 2.24) is 19.5 Å². The van der Waals surface area contributed by atoms with Gasteiger partial charge in [-0.05, 0) is 6.07 Å². The third-order valence-electron chi connectivity index (χ3n) is 7.15. The highest BCUT2D eigenvalue weighted by atomic mass is 31.3. The number of fused-ring (bicyclic) bond motifs is 1. The van der Waals surface area contributed by atoms with Crippen LogP contribution in [0.1, 0.15) is 22.8 Å². The number of phosphoric acid groups is 2. The fourth-order valence-electron chi connectivity index (χ4n) is 4.88. The molecule has 2 saturated heterocycles. The zero-order valence-corrected chi connectivity index (χ0v) is 25.9. The van der Waals surface area contributed by atoms with Crippen molar-refractivity contribution in [2.75, 3.05) is 31.6 Å². The maximum absolute atomic E-state index is 12.5. The Hall–Kier alpha value is -3.05. The lowest BCUT2D eigenvalue weighted by Crippen LogP contribution is -2.46. The van der Waals surface area contributed by atoms with Crippen LogP contribution in [0.5, 0.6) is 0 Å². The van der Waals surface area contributed by atoms with Crippen LogP contribution in [0.3, 0.4) is 0 Å². The maximum Gasteiger partial charge on any atom is 0.481 e. The molecule has 2 aliphatic rings. The van der Waals surface area contributed by atoms with Gasteiger partial charge in [0.2, 0.25) is 0 Å². The highest BCUT2D eigenvalue weighted by Gasteiger charge is 2.50. The standard InChI is InChI=1S/C23H32N8O14P2/c24-3-4-26-20-14-21(28-9-27-20)31(10-29-14)23-18(35)16(33)13(44-23)8-42-47(39,40)45-46(37,38)41-7-12-15(32)17(34)22(43-12)30-5-1-2-11(6-30)19(25)36/h1-2,5-6,9-10,12-13,15-18,22-23,32-35H,3-4,7-8,24H2,(H4-,25,26,27,28,36,37,38,39,40)/p+1/t12-,13+,15?,16-,17+,18?,22-,23+/m1/s1. The molecule has 2 aliphatic heterocycles. The Morgan fingerprint density at radius 1 is 1.00 bits per heavy atom. The molecular weight excluding hydrogens is 674 g/mol. The normalized spacial score (nSPS) is 30.3. The smallest absolute Gasteiger partial charge is 0.387 e. The number of nitrogens with zero attached hydrogens (tertiary/aromatic N) is 5. The van der Waals surface area contributed by atoms with E-state index in [0.29, 0.717) is 24.4 Å². The van der Waals surface area contributed by atoms with Crippen molar-refractivity contribution in [3.63, 3.8) is 0 Å². The van der Waals surface area contributed by atoms with Crippen molar-refractivity contribution < 1.29 is 71.5 Å². The van der Waals surface area contributed by atoms with Crippen LogP contribution in [0, 0.1) is 0 Å². The number of rotatable bonds is 14. The zero-order chi connectivity index (χ0) is 34.1. The molecule has 11 N–H and O–H groups in total. The number of imidazole rings is 1. The lowest BCUT2D eigenvalue weighted by molar-refractivity contribution is -0.765. The zero-order valence-electron chi connectivity index (χ0n) is 24.1. The fraction of sp³-hybridized carbons (Fsp3) is 0.522. The first-order chi connectivity index (χ1) is 22.2. The molecule has 0 radical (unpaired) electrons. The molecule has 22 nitrogen and oxygen atoms in total. The van der Waals surface area contributed by atoms with Gasteiger partial charge in [0.15, 0.2) is 41.7 Å². The summed E-state index contributed by atoms with van der Waals surface area (Å²) >= 11 is 0. The number of phosphoric ester groups is 2. The van der Waals surface area contributed by atoms with Crippen LogP contribution in [-0.2, 0) is 32.0 Å². The lowest BCUT2D eigenvalue weighted by Gasteiger charge is -2.20. The molecule has 47 heavy (non-hydrogen) atoms. The van der Waals surface area contributed by atoms with E-state index in [1.54, 1.807) is 0 Å². The van der Waals surface area contributed by atoms with E-state index in [-0.39, 0.29) is 11.2 Å². The molecule has 4 unspecified atom stereocenters. The summed E-state index contributed by atoms with van der Waals surface area (Å²) in [6, 6.07) is 2.84. The van der Waals surface area contributed by atoms with Crippen molar-refractivity contribution in [3.8, 4) is 0 Å². The lowest BCUT2D eigenvalue weighted by atomic mass is 10.1. The molecule has 0 spiro atoms. The number of anilines is 1. The summed E-state index contributed by atoms with van der Waals surface area (Å²) in [6.45, 7) is -1.09. The monoisotopic (exact) mass is 707 g/mol. The second kappa shape index (κ2) is 14.2. The number of ether oxygens (including phenoxy) is 2. The van der Waals surface area contributed by atoms with E-state index in [2.05, 4.69) is 24.6 Å². The minimum Gasteiger partial charge on any atom is -0.387 e. The largest absolute Gasteiger partial charge is 0.481 e. The van der Waals surface area contributed by atoms with E-state index >= 15 is 0 Å². The molecule has 0 bridgehead atoms. The predicted molar refractivity (Wildman–Crippen MR) is 153 cm³/mol. The second-order valence-electron chi connectivity index (χ2n) is 10.4. The number of carbonyl (C=O) groups is 1. The van der Waals surface area contributed by atoms with Crippen LogP contribution < -0.4 is 21.4 Å². The summed E-state index contributed by atoms with van der Waals surface area (Å²) < 4.78 is 52.4. The highest BCUT2D eigenvalue weighted by Crippen LogP contribution is 2.60. The van der Waals surface area contributed by atoms with E-state index in [1.807, 2.05) is 0 Å². The van der Waals surface area contributed by atoms with Crippen LogP contribution in [-0.4, -0.2) is 119 Å². The van der Waals surface area contributed by atoms with E-state index in [4.69, 9.17) is 30.0 Å². The highest BCUT2D eigenvalue weighted by molar-refractivity contribution is 7.61. The SMILES string of the molecule is NCCNc1ncnc2c1ncn2[C@H]1O[C@@H](COP(=O)(O)OP(=O)(O)OC[C@H]2O[C@@H]([n+]3cccc(C(N)=O)c3)[C@@H](O)C2O)[C@@H](O)C1O. The number of primary amides is 1. The van der Waals surface area contributed by atoms with E-state index < -0.39 is 83.8 Å². The summed E-state index contributed by atoms with van der Waals surface area (Å²) in [4.78, 5) is 44.0. The number of nitrogens with one attached hydrogen (secondary N) is 1. The molecule has 2 fully saturated rings. The van der Waals surface area contributed by atoms with Crippen molar-refractivity contribution in [1.29, 1.82) is 0 Å². The number of hydrogen-bond acceptors (Lipinski definition) is 17. The Balaban J connectivity index is 1.16. The van der Waals surface area contributed by atoms with Gasteiger partial charge in [-0.1, -0.05) is 0 Å². The first-order valence-electron chi connectivity index (χ1n) is 13.8. The molecule has 0 aliphatic carbocycles. The average molecular weight is 708 g/mol. The van der Waals surface area contributed by atoms with E-state index in [9.17, 15) is 44.1 Å². The summed E-state index contributed by atoms with van der Waals surface area (Å²) in [5.41, 5.74) is 11.4. The number of aliphatic hydroxyl groups is 4. The van der Waals surface area contributed by atoms with Gasteiger partial charge in [0.25, 0.3) is 12.1 Å². The first-order valence-corrected chi connectivity index (χ1v) is 16.8. The number of amides is 1. The summed E-state index contributed by atoms with van der Waals surface area (Å²) in [5.74, 6) is -0.404. The number of hydrogen-bond donors (Lipinski definition) is 9. The molecule has 0 saturated carbocycles. The van der Waals surface area contributed by atoms with Gasteiger partial charge in [0.1, 0.15) is 42.4 Å². The molecule has 1 amide bonds. The van der Waals surface area contributed by atoms with E-state index in [0.717, 1.165) is 0 Å². The van der Waals surface area contributed by atoms with Gasteiger partial charge in [-0.2, -0.15) is 8.88 Å². The summed E-state index contributed by atoms with van der Waals surface area (Å²) in [5, 5.41) is 44.9. The Kier molecular flexibility index (Phi) is 10.7. The van der Waals surface area contributed by atoms with Crippen LogP contribution in [0.2, 0.25) is 0 Å². The second-order valence-corrected chi connectivity index (χ2v) is 13.4. The number of nitrogens with two attached hydrogens (primary N) is 2. The van der Waals surface area contributed by atoms with Crippen molar-refractivity contribution >= 4 is 38.5 Å². The van der Waals surface area contributed by atoms with Gasteiger partial charge in [0.05, 0.1) is 19.5 Å². The molecular formula is C23H33N8O14P2+. The minimum absolute atomic E-state index is 0.0694. The number of aliphatic hydroxyl groups excluding tert-OH is 4. The van der Waals surface area contributed by atoms with Gasteiger partial charge in [-0.25, -0.2) is 24.1 Å². The molecule has 24 heteroatoms. The van der Waals surface area contributed by atoms with Crippen LogP contribution in [0.15, 0.2) is 37.2 Å². The number of pyridine rings is 1. The fourth-order valence-corrected chi connectivity index (χ4v) is 6.97. The Labute approximate surface area is 264 Å². The van der Waals surface area contributed by atoms with Crippen LogP contribution in [0.4, 0.5) is 5.82 Å². The van der Waals surface area contributed by atoms with Crippen molar-refractivity contribution in [2.45, 2.75) is 49.1 Å². The van der Waals surface area contributed by atoms with Gasteiger partial charge in [-0.15, -0.1) is 0 Å². The molecule has 10 atom stereocenters. The molecule has 0 aromatic carbocycles. The summed E-state index contributed by atoms with van der Waals surface area (Å²) in [6.07, 6.45) is -6.71. The average Bonchev–Trinajstić information content (AvgIpc) is 3.67. The number of aromatic nitrogens is 5. The van der Waals surface area contributed by atoms with Crippen LogP contribution in [0.25, 0.3) is 11.2 Å². The quantitative estimate of drug-likeness (QED) is 0.0587. The molecule has 258 valence electrons. The van der Waals surface area contributed by atoms with Crippen LogP contribution >= 0.6 is 15.6 Å². The number of carbonyl (C=O) groups excluding carboxylic acids is 1. The third kappa shape index (κ3) is 7.82. The molecule has 5 rings (SSSR count). The van der Waals surface area contributed by atoms with E-state index in [1.165, 1.54) is 46.3 Å². The first kappa shape index (κ1) is 35.3. The third-order valence-corrected chi connectivity index (χ3v) is 9.76. The minimum atomic E-state index is -5.38. The Morgan fingerprint density at radius 3 is 2.32 bits per heavy atom. The summed E-state index contributed by atoms with van der Waals surface area (Å²) in [7, 11) is -10.8. The van der Waals surface area contributed by atoms with Gasteiger partial charge in [-0.3, -0.25) is 18.4 Å². The van der Waals surface area contributed by atoms with Gasteiger partial charge < -0.3 is 56.5 Å². The molecule has 5 heterocycles. The van der Waals surface area contributed by atoms with Crippen molar-refractivity contribution in [2.24, 2.45) is 11.5 Å². The Bertz CT molecular complexity index is 1680. The molecule has 3 aromatic heterocycles. The Morgan fingerprint density at radius 2 is 1.66 bits per heavy atom. The topological polar surface area (TPSA) is 330 Å². The molecule has 3 aromatic rings. The van der Waals surface area contributed by atoms with Gasteiger partial charge >= 0.3 is 15.6 Å².